The van der Waals surface area contributed by atoms with E-state index in [1.807, 2.05) is 48.7 Å². The Bertz CT molecular complexity index is 1370. The van der Waals surface area contributed by atoms with Gasteiger partial charge >= 0.3 is 5.97 Å². The van der Waals surface area contributed by atoms with Crippen molar-refractivity contribution in [3.63, 3.8) is 0 Å². The van der Waals surface area contributed by atoms with E-state index in [1.165, 1.54) is 0 Å². The first-order valence-corrected chi connectivity index (χ1v) is 11.7. The van der Waals surface area contributed by atoms with Gasteiger partial charge in [-0.15, -0.1) is 0 Å². The lowest BCUT2D eigenvalue weighted by atomic mass is 9.96. The molecule has 1 fully saturated rings. The third-order valence-electron chi connectivity index (χ3n) is 6.43. The maximum atomic E-state index is 11.3. The highest BCUT2D eigenvalue weighted by atomic mass is 32.1. The molecule has 1 saturated heterocycles. The molecular weight excluding hydrogens is 458 g/mol. The van der Waals surface area contributed by atoms with Gasteiger partial charge in [0.2, 0.25) is 0 Å². The molecule has 0 spiro atoms. The molecule has 0 bridgehead atoms. The highest BCUT2D eigenvalue weighted by molar-refractivity contribution is 7.80. The minimum atomic E-state index is -0.937. The van der Waals surface area contributed by atoms with Crippen LogP contribution < -0.4 is 5.32 Å². The zero-order valence-electron chi connectivity index (χ0n) is 19.4. The van der Waals surface area contributed by atoms with E-state index in [-0.39, 0.29) is 17.6 Å². The van der Waals surface area contributed by atoms with E-state index < -0.39 is 5.97 Å². The van der Waals surface area contributed by atoms with Gasteiger partial charge in [0.25, 0.3) is 0 Å². The number of aryl methyl sites for hydroxylation is 1. The summed E-state index contributed by atoms with van der Waals surface area (Å²) in [5.41, 5.74) is 6.43. The van der Waals surface area contributed by atoms with Gasteiger partial charge in [-0.2, -0.15) is 0 Å². The molecule has 4 heterocycles. The average Bonchev–Trinajstić information content (AvgIpc) is 3.35. The molecule has 1 aliphatic rings. The molecule has 176 valence electrons. The lowest BCUT2D eigenvalue weighted by Crippen LogP contribution is -2.29. The highest BCUT2D eigenvalue weighted by Crippen LogP contribution is 2.42. The Morgan fingerprint density at radius 3 is 2.54 bits per heavy atom. The Labute approximate surface area is 209 Å². The van der Waals surface area contributed by atoms with Crippen LogP contribution in [-0.2, 0) is 6.54 Å². The van der Waals surface area contributed by atoms with Crippen LogP contribution >= 0.6 is 12.2 Å². The van der Waals surface area contributed by atoms with E-state index in [0.29, 0.717) is 11.7 Å². The first kappa shape index (κ1) is 22.7. The van der Waals surface area contributed by atoms with Crippen molar-refractivity contribution in [3.05, 3.63) is 113 Å². The smallest absolute Gasteiger partial charge is 0.335 e. The van der Waals surface area contributed by atoms with Gasteiger partial charge in [-0.3, -0.25) is 9.97 Å². The summed E-state index contributed by atoms with van der Waals surface area (Å²) >= 11 is 5.81. The van der Waals surface area contributed by atoms with Crippen LogP contribution in [0, 0.1) is 13.8 Å². The van der Waals surface area contributed by atoms with Crippen LogP contribution in [0.2, 0.25) is 0 Å². The molecule has 7 nitrogen and oxygen atoms in total. The number of hydrogen-bond donors (Lipinski definition) is 2. The first-order chi connectivity index (χ1) is 16.9. The number of carbonyl (C=O) groups is 1. The number of rotatable bonds is 6. The summed E-state index contributed by atoms with van der Waals surface area (Å²) < 4.78 is 2.15. The molecule has 0 saturated carbocycles. The van der Waals surface area contributed by atoms with Gasteiger partial charge in [0.05, 0.1) is 23.3 Å². The van der Waals surface area contributed by atoms with E-state index in [9.17, 15) is 9.90 Å². The van der Waals surface area contributed by atoms with Crippen molar-refractivity contribution in [2.24, 2.45) is 0 Å². The van der Waals surface area contributed by atoms with Crippen molar-refractivity contribution in [1.82, 2.24) is 24.8 Å². The van der Waals surface area contributed by atoms with Gasteiger partial charge in [-0.05, 0) is 85.7 Å². The van der Waals surface area contributed by atoms with Crippen molar-refractivity contribution in [2.75, 3.05) is 0 Å². The van der Waals surface area contributed by atoms with Gasteiger partial charge < -0.3 is 19.9 Å². The van der Waals surface area contributed by atoms with Crippen LogP contribution in [0.1, 0.15) is 50.7 Å². The molecule has 2 unspecified atom stereocenters. The Balaban J connectivity index is 1.60. The normalized spacial score (nSPS) is 17.4. The summed E-state index contributed by atoms with van der Waals surface area (Å²) in [6.45, 7) is 4.76. The minimum absolute atomic E-state index is 0.0872. The summed E-state index contributed by atoms with van der Waals surface area (Å²) in [5.74, 6) is -0.937. The first-order valence-electron chi connectivity index (χ1n) is 11.3. The summed E-state index contributed by atoms with van der Waals surface area (Å²) in [4.78, 5) is 22.4. The van der Waals surface area contributed by atoms with Crippen LogP contribution in [0.15, 0.2) is 79.3 Å². The maximum Gasteiger partial charge on any atom is 0.335 e. The zero-order chi connectivity index (χ0) is 24.5. The summed E-state index contributed by atoms with van der Waals surface area (Å²) in [7, 11) is 0. The molecule has 0 radical (unpaired) electrons. The molecule has 1 aromatic carbocycles. The third kappa shape index (κ3) is 4.28. The van der Waals surface area contributed by atoms with Crippen molar-refractivity contribution in [2.45, 2.75) is 32.5 Å². The van der Waals surface area contributed by atoms with Crippen molar-refractivity contribution >= 4 is 23.3 Å². The molecule has 0 amide bonds. The Morgan fingerprint density at radius 2 is 1.89 bits per heavy atom. The molecule has 2 N–H and O–H groups in total. The number of carboxylic acids is 1. The van der Waals surface area contributed by atoms with Crippen LogP contribution in [0.25, 0.3) is 5.69 Å². The third-order valence-corrected chi connectivity index (χ3v) is 6.79. The molecule has 3 aromatic heterocycles. The van der Waals surface area contributed by atoms with Gasteiger partial charge in [-0.1, -0.05) is 12.1 Å². The second kappa shape index (κ2) is 9.31. The Hall–Kier alpha value is -4.04. The van der Waals surface area contributed by atoms with Gasteiger partial charge in [0, 0.05) is 42.2 Å². The molecule has 5 rings (SSSR count). The van der Waals surface area contributed by atoms with Crippen LogP contribution in [0.5, 0.6) is 0 Å². The second-order valence-electron chi connectivity index (χ2n) is 8.63. The molecule has 2 atom stereocenters. The van der Waals surface area contributed by atoms with Gasteiger partial charge in [0.1, 0.15) is 0 Å². The lowest BCUT2D eigenvalue weighted by molar-refractivity contribution is 0.0697. The number of nitrogens with zero attached hydrogens (tertiary/aromatic N) is 4. The number of aromatic nitrogens is 3. The topological polar surface area (TPSA) is 83.3 Å². The molecule has 1 aliphatic heterocycles. The molecule has 35 heavy (non-hydrogen) atoms. The highest BCUT2D eigenvalue weighted by Gasteiger charge is 2.41. The number of pyridine rings is 2. The quantitative estimate of drug-likeness (QED) is 0.383. The Kier molecular flexibility index (Phi) is 6.05. The van der Waals surface area contributed by atoms with Gasteiger partial charge in [0.15, 0.2) is 5.11 Å². The summed E-state index contributed by atoms with van der Waals surface area (Å²) in [5, 5.41) is 13.4. The van der Waals surface area contributed by atoms with Crippen molar-refractivity contribution in [1.29, 1.82) is 0 Å². The van der Waals surface area contributed by atoms with E-state index in [4.69, 9.17) is 12.2 Å². The molecule has 8 heteroatoms. The van der Waals surface area contributed by atoms with Crippen LogP contribution in [0.3, 0.4) is 0 Å². The molecule has 4 aromatic rings. The fraction of sp³-hybridized carbons (Fsp3) is 0.185. The van der Waals surface area contributed by atoms with E-state index in [0.717, 1.165) is 33.9 Å². The zero-order valence-corrected chi connectivity index (χ0v) is 20.2. The van der Waals surface area contributed by atoms with E-state index in [2.05, 4.69) is 44.7 Å². The standard InChI is InChI=1S/C27H25N5O2S/c1-17-14-22(18(2)32(17)21-10-8-20(9-11-21)26(33)34)25-24(23-7-3-4-13-29-23)30-27(35)31(25)16-19-6-5-12-28-15-19/h3-15,24-25H,16H2,1-2H3,(H,30,35)(H,33,34). The second-order valence-corrected chi connectivity index (χ2v) is 9.02. The van der Waals surface area contributed by atoms with E-state index >= 15 is 0 Å². The van der Waals surface area contributed by atoms with Crippen molar-refractivity contribution < 1.29 is 9.90 Å². The predicted octanol–water partition coefficient (Wildman–Crippen LogP) is 4.76. The SMILES string of the molecule is Cc1cc(C2C(c3ccccn3)NC(=S)N2Cc2cccnc2)c(C)n1-c1ccc(C(=O)O)cc1. The number of nitrogens with one attached hydrogen (secondary N) is 1. The summed E-state index contributed by atoms with van der Waals surface area (Å²) in [6, 6.07) is 18.8. The number of hydrogen-bond acceptors (Lipinski definition) is 4. The monoisotopic (exact) mass is 483 g/mol. The number of carboxylic acid groups (broad SMARTS) is 1. The van der Waals surface area contributed by atoms with Gasteiger partial charge in [-0.25, -0.2) is 4.79 Å². The minimum Gasteiger partial charge on any atom is -0.478 e. The largest absolute Gasteiger partial charge is 0.478 e. The lowest BCUT2D eigenvalue weighted by Gasteiger charge is -2.28. The average molecular weight is 484 g/mol. The Morgan fingerprint density at radius 1 is 1.09 bits per heavy atom. The molecule has 0 aliphatic carbocycles. The fourth-order valence-corrected chi connectivity index (χ4v) is 5.15. The van der Waals surface area contributed by atoms with E-state index in [1.54, 1.807) is 24.5 Å². The van der Waals surface area contributed by atoms with Crippen LogP contribution in [-0.4, -0.2) is 35.6 Å². The maximum absolute atomic E-state index is 11.3. The summed E-state index contributed by atoms with van der Waals surface area (Å²) in [6.07, 6.45) is 5.43. The number of aromatic carboxylic acids is 1. The van der Waals surface area contributed by atoms with Crippen molar-refractivity contribution in [3.8, 4) is 5.69 Å². The molecular formula is C27H25N5O2S. The van der Waals surface area contributed by atoms with Crippen LogP contribution in [0.4, 0.5) is 0 Å². The fourth-order valence-electron chi connectivity index (χ4n) is 4.84. The predicted molar refractivity (Wildman–Crippen MR) is 137 cm³/mol. The number of thiocarbonyl (C=S) groups is 1. The number of benzene rings is 1.